The predicted molar refractivity (Wildman–Crippen MR) is 107 cm³/mol. The summed E-state index contributed by atoms with van der Waals surface area (Å²) in [6.07, 6.45) is 1.44. The fraction of sp³-hybridized carbons (Fsp3) is 0.222. The van der Waals surface area contributed by atoms with Gasteiger partial charge in [0.15, 0.2) is 18.1 Å². The van der Waals surface area contributed by atoms with E-state index in [1.165, 1.54) is 13.3 Å². The second-order valence-corrected chi connectivity index (χ2v) is 7.01. The molecule has 0 radical (unpaired) electrons. The fourth-order valence-electron chi connectivity index (χ4n) is 2.09. The largest absolute Gasteiger partial charge is 0.503 e. The van der Waals surface area contributed by atoms with Gasteiger partial charge in [-0.1, -0.05) is 12.1 Å². The average Bonchev–Trinajstić information content (AvgIpc) is 2.63. The SMILES string of the molecule is COc1cc(C=NNC(=O)COc2cccc(C)c2C)c(Br)c(Br)c1O. The number of rotatable bonds is 6. The molecule has 0 saturated heterocycles. The van der Waals surface area contributed by atoms with Crippen LogP contribution in [-0.2, 0) is 4.79 Å². The van der Waals surface area contributed by atoms with E-state index < -0.39 is 0 Å². The molecular weight excluding hydrogens is 468 g/mol. The van der Waals surface area contributed by atoms with Crippen LogP contribution in [0.3, 0.4) is 0 Å². The molecule has 0 spiro atoms. The second kappa shape index (κ2) is 9.05. The van der Waals surface area contributed by atoms with Gasteiger partial charge < -0.3 is 14.6 Å². The van der Waals surface area contributed by atoms with Crippen LogP contribution >= 0.6 is 31.9 Å². The van der Waals surface area contributed by atoms with Crippen LogP contribution in [0.25, 0.3) is 0 Å². The minimum absolute atomic E-state index is 0.0255. The normalized spacial score (nSPS) is 10.8. The van der Waals surface area contributed by atoms with Gasteiger partial charge in [-0.05, 0) is 69.0 Å². The zero-order chi connectivity index (χ0) is 19.3. The highest BCUT2D eigenvalue weighted by atomic mass is 79.9. The quantitative estimate of drug-likeness (QED) is 0.477. The maximum absolute atomic E-state index is 11.9. The van der Waals surface area contributed by atoms with E-state index in [9.17, 15) is 9.90 Å². The van der Waals surface area contributed by atoms with Crippen molar-refractivity contribution >= 4 is 44.0 Å². The molecule has 8 heteroatoms. The number of aryl methyl sites for hydroxylation is 1. The topological polar surface area (TPSA) is 80.2 Å². The molecule has 138 valence electrons. The van der Waals surface area contributed by atoms with Gasteiger partial charge in [-0.3, -0.25) is 4.79 Å². The van der Waals surface area contributed by atoms with Crippen molar-refractivity contribution in [1.82, 2.24) is 5.43 Å². The highest BCUT2D eigenvalue weighted by molar-refractivity contribution is 9.13. The summed E-state index contributed by atoms with van der Waals surface area (Å²) < 4.78 is 11.6. The number of carbonyl (C=O) groups excluding carboxylic acids is 1. The minimum atomic E-state index is -0.386. The molecule has 1 amide bonds. The van der Waals surface area contributed by atoms with Crippen LogP contribution in [0.4, 0.5) is 0 Å². The van der Waals surface area contributed by atoms with Crippen molar-refractivity contribution < 1.29 is 19.4 Å². The van der Waals surface area contributed by atoms with E-state index in [-0.39, 0.29) is 24.0 Å². The van der Waals surface area contributed by atoms with Gasteiger partial charge in [-0.25, -0.2) is 5.43 Å². The first-order valence-corrected chi connectivity index (χ1v) is 9.19. The molecule has 0 aliphatic rings. The Morgan fingerprint density at radius 3 is 2.69 bits per heavy atom. The molecule has 6 nitrogen and oxygen atoms in total. The first kappa shape index (κ1) is 20.3. The van der Waals surface area contributed by atoms with Gasteiger partial charge in [0.2, 0.25) is 0 Å². The number of phenols is 1. The number of methoxy groups -OCH3 is 1. The highest BCUT2D eigenvalue weighted by Gasteiger charge is 2.14. The van der Waals surface area contributed by atoms with Crippen LogP contribution in [0, 0.1) is 13.8 Å². The van der Waals surface area contributed by atoms with Gasteiger partial charge in [-0.15, -0.1) is 0 Å². The number of nitrogens with zero attached hydrogens (tertiary/aromatic N) is 1. The van der Waals surface area contributed by atoms with Crippen molar-refractivity contribution in [3.05, 3.63) is 49.9 Å². The molecule has 0 atom stereocenters. The van der Waals surface area contributed by atoms with E-state index >= 15 is 0 Å². The lowest BCUT2D eigenvalue weighted by molar-refractivity contribution is -0.123. The number of halogens is 2. The molecule has 0 heterocycles. The van der Waals surface area contributed by atoms with Gasteiger partial charge >= 0.3 is 0 Å². The fourth-order valence-corrected chi connectivity index (χ4v) is 2.92. The molecule has 0 aliphatic heterocycles. The number of ether oxygens (including phenoxy) is 2. The Kier molecular flexibility index (Phi) is 7.05. The first-order valence-electron chi connectivity index (χ1n) is 7.61. The second-order valence-electron chi connectivity index (χ2n) is 5.42. The van der Waals surface area contributed by atoms with Crippen LogP contribution < -0.4 is 14.9 Å². The number of hydrogen-bond donors (Lipinski definition) is 2. The maximum atomic E-state index is 11.9. The summed E-state index contributed by atoms with van der Waals surface area (Å²) in [6, 6.07) is 7.26. The number of phenolic OH excluding ortho intramolecular Hbond substituents is 1. The van der Waals surface area contributed by atoms with Gasteiger partial charge in [0.1, 0.15) is 5.75 Å². The number of hydrogen-bond acceptors (Lipinski definition) is 5. The van der Waals surface area contributed by atoms with E-state index in [4.69, 9.17) is 9.47 Å². The summed E-state index contributed by atoms with van der Waals surface area (Å²) >= 11 is 6.61. The van der Waals surface area contributed by atoms with Crippen LogP contribution in [0.15, 0.2) is 38.3 Å². The molecule has 0 fully saturated rings. The van der Waals surface area contributed by atoms with Gasteiger partial charge in [0.25, 0.3) is 5.91 Å². The number of aromatic hydroxyl groups is 1. The molecule has 0 aromatic heterocycles. The van der Waals surface area contributed by atoms with Crippen molar-refractivity contribution in [1.29, 1.82) is 0 Å². The van der Waals surface area contributed by atoms with E-state index in [2.05, 4.69) is 42.4 Å². The highest BCUT2D eigenvalue weighted by Crippen LogP contribution is 2.41. The molecule has 26 heavy (non-hydrogen) atoms. The summed E-state index contributed by atoms with van der Waals surface area (Å²) in [5, 5.41) is 13.8. The van der Waals surface area contributed by atoms with Gasteiger partial charge in [0.05, 0.1) is 17.8 Å². The summed E-state index contributed by atoms with van der Waals surface area (Å²) in [7, 11) is 1.45. The van der Waals surface area contributed by atoms with Crippen molar-refractivity contribution in [3.63, 3.8) is 0 Å². The van der Waals surface area contributed by atoms with Gasteiger partial charge in [-0.2, -0.15) is 5.10 Å². The van der Waals surface area contributed by atoms with Crippen LogP contribution in [-0.4, -0.2) is 30.9 Å². The van der Waals surface area contributed by atoms with E-state index in [0.717, 1.165) is 11.1 Å². The Balaban J connectivity index is 1.99. The number of hydrazone groups is 1. The standard InChI is InChI=1S/C18H18Br2N2O4/c1-10-5-4-6-13(11(10)2)26-9-15(23)22-21-8-12-7-14(25-3)18(24)17(20)16(12)19/h4-8,24H,9H2,1-3H3,(H,22,23). The lowest BCUT2D eigenvalue weighted by atomic mass is 10.1. The summed E-state index contributed by atoms with van der Waals surface area (Å²) in [5.74, 6) is 0.538. The third-order valence-electron chi connectivity index (χ3n) is 3.70. The maximum Gasteiger partial charge on any atom is 0.277 e. The zero-order valence-electron chi connectivity index (χ0n) is 14.5. The molecule has 2 aromatic rings. The number of nitrogens with one attached hydrogen (secondary N) is 1. The van der Waals surface area contributed by atoms with Crippen molar-refractivity contribution in [2.75, 3.05) is 13.7 Å². The molecule has 2 aromatic carbocycles. The van der Waals surface area contributed by atoms with Crippen LogP contribution in [0.1, 0.15) is 16.7 Å². The molecular formula is C18H18Br2N2O4. The third kappa shape index (κ3) is 4.76. The zero-order valence-corrected chi connectivity index (χ0v) is 17.6. The van der Waals surface area contributed by atoms with Crippen molar-refractivity contribution in [2.24, 2.45) is 5.10 Å². The molecule has 0 unspecified atom stereocenters. The lowest BCUT2D eigenvalue weighted by Crippen LogP contribution is -2.24. The Bertz CT molecular complexity index is 854. The monoisotopic (exact) mass is 484 g/mol. The molecule has 2 rings (SSSR count). The Morgan fingerprint density at radius 2 is 2.00 bits per heavy atom. The number of benzene rings is 2. The first-order chi connectivity index (χ1) is 12.3. The van der Waals surface area contributed by atoms with Crippen LogP contribution in [0.2, 0.25) is 0 Å². The number of amides is 1. The van der Waals surface area contributed by atoms with E-state index in [1.807, 2.05) is 32.0 Å². The van der Waals surface area contributed by atoms with Crippen molar-refractivity contribution in [2.45, 2.75) is 13.8 Å². The molecule has 0 aliphatic carbocycles. The van der Waals surface area contributed by atoms with E-state index in [0.29, 0.717) is 20.3 Å². The van der Waals surface area contributed by atoms with Crippen LogP contribution in [0.5, 0.6) is 17.2 Å². The molecule has 0 saturated carbocycles. The molecule has 2 N–H and O–H groups in total. The number of carbonyl (C=O) groups is 1. The van der Waals surface area contributed by atoms with Crippen molar-refractivity contribution in [3.8, 4) is 17.2 Å². The molecule has 0 bridgehead atoms. The van der Waals surface area contributed by atoms with E-state index in [1.54, 1.807) is 6.07 Å². The average molecular weight is 486 g/mol. The minimum Gasteiger partial charge on any atom is -0.503 e. The Labute approximate surface area is 168 Å². The summed E-state index contributed by atoms with van der Waals surface area (Å²) in [6.45, 7) is 3.77. The third-order valence-corrected chi connectivity index (χ3v) is 5.86. The van der Waals surface area contributed by atoms with Gasteiger partial charge in [0, 0.05) is 10.0 Å². The lowest BCUT2D eigenvalue weighted by Gasteiger charge is -2.10. The predicted octanol–water partition coefficient (Wildman–Crippen LogP) is 4.07. The smallest absolute Gasteiger partial charge is 0.277 e. The Morgan fingerprint density at radius 1 is 1.27 bits per heavy atom. The summed E-state index contributed by atoms with van der Waals surface area (Å²) in [5.41, 5.74) is 5.10. The Hall–Kier alpha value is -2.06. The summed E-state index contributed by atoms with van der Waals surface area (Å²) in [4.78, 5) is 11.9.